The lowest BCUT2D eigenvalue weighted by molar-refractivity contribution is 0.282. The summed E-state index contributed by atoms with van der Waals surface area (Å²) in [5.41, 5.74) is 1.11. The molecule has 1 aliphatic rings. The maximum Gasteiger partial charge on any atom is 0.137 e. The van der Waals surface area contributed by atoms with E-state index in [0.717, 1.165) is 42.4 Å². The Balaban J connectivity index is 2.34. The molecule has 0 spiro atoms. The number of nitrogens with zero attached hydrogens (tertiary/aromatic N) is 3. The van der Waals surface area contributed by atoms with Gasteiger partial charge in [0.25, 0.3) is 0 Å². The number of aromatic nitrogens is 2. The molecular weight excluding hydrogens is 252 g/mol. The first-order valence-corrected chi connectivity index (χ1v) is 7.64. The number of aryl methyl sites for hydroxylation is 1. The normalized spacial score (nSPS) is 15.0. The highest BCUT2D eigenvalue weighted by Gasteiger charge is 2.27. The van der Waals surface area contributed by atoms with Crippen LogP contribution in [0.25, 0.3) is 0 Å². The van der Waals surface area contributed by atoms with Crippen molar-refractivity contribution in [1.82, 2.24) is 9.97 Å². The quantitative estimate of drug-likeness (QED) is 0.800. The van der Waals surface area contributed by atoms with Crippen molar-refractivity contribution in [2.24, 2.45) is 0 Å². The van der Waals surface area contributed by atoms with Crippen LogP contribution in [-0.2, 0) is 6.42 Å². The zero-order chi connectivity index (χ0) is 14.5. The molecule has 112 valence electrons. The Hall–Kier alpha value is -1.36. The van der Waals surface area contributed by atoms with Gasteiger partial charge in [-0.2, -0.15) is 0 Å². The van der Waals surface area contributed by atoms with E-state index in [9.17, 15) is 0 Å². The molecule has 0 atom stereocenters. The number of nitrogens with one attached hydrogen (secondary N) is 1. The molecule has 1 saturated carbocycles. The second-order valence-corrected chi connectivity index (χ2v) is 5.40. The molecule has 5 heteroatoms. The van der Waals surface area contributed by atoms with Gasteiger partial charge in [0.2, 0.25) is 0 Å². The van der Waals surface area contributed by atoms with E-state index in [-0.39, 0.29) is 6.61 Å². The predicted molar refractivity (Wildman–Crippen MR) is 82.4 cm³/mol. The van der Waals surface area contributed by atoms with Gasteiger partial charge in [0.1, 0.15) is 17.5 Å². The Labute approximate surface area is 121 Å². The van der Waals surface area contributed by atoms with Gasteiger partial charge in [-0.15, -0.1) is 0 Å². The predicted octanol–water partition coefficient (Wildman–Crippen LogP) is 2.13. The van der Waals surface area contributed by atoms with E-state index in [1.807, 2.05) is 7.05 Å². The second kappa shape index (κ2) is 6.88. The lowest BCUT2D eigenvalue weighted by Crippen LogP contribution is -2.42. The third-order valence-electron chi connectivity index (χ3n) is 4.06. The molecular formula is C15H26N4O. The molecule has 0 unspecified atom stereocenters. The third kappa shape index (κ3) is 3.03. The summed E-state index contributed by atoms with van der Waals surface area (Å²) in [6, 6.07) is 0.574. The Morgan fingerprint density at radius 1 is 1.35 bits per heavy atom. The van der Waals surface area contributed by atoms with Crippen molar-refractivity contribution in [2.75, 3.05) is 30.4 Å². The molecule has 0 saturated heterocycles. The minimum Gasteiger partial charge on any atom is -0.396 e. The highest BCUT2D eigenvalue weighted by atomic mass is 16.3. The van der Waals surface area contributed by atoms with Gasteiger partial charge >= 0.3 is 0 Å². The summed E-state index contributed by atoms with van der Waals surface area (Å²) in [5.74, 6) is 2.84. The molecule has 0 radical (unpaired) electrons. The number of anilines is 2. The molecule has 1 fully saturated rings. The Morgan fingerprint density at radius 2 is 2.10 bits per heavy atom. The highest BCUT2D eigenvalue weighted by molar-refractivity contribution is 5.59. The maximum absolute atomic E-state index is 9.13. The van der Waals surface area contributed by atoms with E-state index in [1.54, 1.807) is 0 Å². The van der Waals surface area contributed by atoms with Gasteiger partial charge in [-0.25, -0.2) is 9.97 Å². The topological polar surface area (TPSA) is 61.3 Å². The SMILES string of the molecule is CCc1nc(NC)c(C)c(N(CCCO)C2CCC2)n1. The highest BCUT2D eigenvalue weighted by Crippen LogP contribution is 2.32. The van der Waals surface area contributed by atoms with Gasteiger partial charge in [-0.1, -0.05) is 6.92 Å². The fourth-order valence-electron chi connectivity index (χ4n) is 2.63. The van der Waals surface area contributed by atoms with Crippen LogP contribution in [0.5, 0.6) is 0 Å². The molecule has 1 aromatic heterocycles. The molecule has 2 rings (SSSR count). The van der Waals surface area contributed by atoms with Crippen LogP contribution < -0.4 is 10.2 Å². The van der Waals surface area contributed by atoms with E-state index < -0.39 is 0 Å². The van der Waals surface area contributed by atoms with E-state index in [1.165, 1.54) is 19.3 Å². The Morgan fingerprint density at radius 3 is 2.60 bits per heavy atom. The first kappa shape index (κ1) is 15.0. The van der Waals surface area contributed by atoms with Crippen molar-refractivity contribution in [3.8, 4) is 0 Å². The average Bonchev–Trinajstić information content (AvgIpc) is 2.41. The van der Waals surface area contributed by atoms with Crippen LogP contribution in [0.2, 0.25) is 0 Å². The van der Waals surface area contributed by atoms with Crippen LogP contribution in [0.15, 0.2) is 0 Å². The van der Waals surface area contributed by atoms with Crippen molar-refractivity contribution in [3.63, 3.8) is 0 Å². The number of hydrogen-bond acceptors (Lipinski definition) is 5. The van der Waals surface area contributed by atoms with Crippen LogP contribution in [0, 0.1) is 6.92 Å². The summed E-state index contributed by atoms with van der Waals surface area (Å²) in [4.78, 5) is 11.7. The van der Waals surface area contributed by atoms with Crippen molar-refractivity contribution in [1.29, 1.82) is 0 Å². The molecule has 5 nitrogen and oxygen atoms in total. The van der Waals surface area contributed by atoms with Gasteiger partial charge < -0.3 is 15.3 Å². The minimum absolute atomic E-state index is 0.229. The van der Waals surface area contributed by atoms with E-state index >= 15 is 0 Å². The molecule has 0 aromatic carbocycles. The van der Waals surface area contributed by atoms with Gasteiger partial charge in [0.15, 0.2) is 0 Å². The fourth-order valence-corrected chi connectivity index (χ4v) is 2.63. The number of rotatable bonds is 7. The second-order valence-electron chi connectivity index (χ2n) is 5.40. The standard InChI is InChI=1S/C15H26N4O/c1-4-13-17-14(16-3)11(2)15(18-13)19(9-6-10-20)12-7-5-8-12/h12,20H,4-10H2,1-3H3,(H,16,17,18). The smallest absolute Gasteiger partial charge is 0.137 e. The monoisotopic (exact) mass is 278 g/mol. The number of aliphatic hydroxyl groups is 1. The third-order valence-corrected chi connectivity index (χ3v) is 4.06. The summed E-state index contributed by atoms with van der Waals surface area (Å²) in [6.45, 7) is 5.25. The van der Waals surface area contributed by atoms with Crippen LogP contribution in [0.4, 0.5) is 11.6 Å². The summed E-state index contributed by atoms with van der Waals surface area (Å²) in [5, 5.41) is 12.3. The first-order chi connectivity index (χ1) is 9.71. The van der Waals surface area contributed by atoms with E-state index in [2.05, 4.69) is 29.0 Å². The summed E-state index contributed by atoms with van der Waals surface area (Å²) >= 11 is 0. The lowest BCUT2D eigenvalue weighted by atomic mass is 9.91. The van der Waals surface area contributed by atoms with E-state index in [0.29, 0.717) is 6.04 Å². The minimum atomic E-state index is 0.229. The fraction of sp³-hybridized carbons (Fsp3) is 0.733. The van der Waals surface area contributed by atoms with Gasteiger partial charge in [0.05, 0.1) is 0 Å². The number of aliphatic hydroxyl groups excluding tert-OH is 1. The average molecular weight is 278 g/mol. The molecule has 20 heavy (non-hydrogen) atoms. The van der Waals surface area contributed by atoms with Crippen molar-refractivity contribution < 1.29 is 5.11 Å². The molecule has 0 amide bonds. The van der Waals surface area contributed by atoms with E-state index in [4.69, 9.17) is 10.1 Å². The first-order valence-electron chi connectivity index (χ1n) is 7.64. The van der Waals surface area contributed by atoms with Gasteiger partial charge in [0, 0.05) is 38.2 Å². The summed E-state index contributed by atoms with van der Waals surface area (Å²) in [6.07, 6.45) is 5.37. The molecule has 1 heterocycles. The summed E-state index contributed by atoms with van der Waals surface area (Å²) in [7, 11) is 1.90. The maximum atomic E-state index is 9.13. The largest absolute Gasteiger partial charge is 0.396 e. The molecule has 2 N–H and O–H groups in total. The molecule has 0 bridgehead atoms. The zero-order valence-corrected chi connectivity index (χ0v) is 12.8. The summed E-state index contributed by atoms with van der Waals surface area (Å²) < 4.78 is 0. The zero-order valence-electron chi connectivity index (χ0n) is 12.8. The Bertz CT molecular complexity index is 446. The van der Waals surface area contributed by atoms with Crippen LogP contribution in [0.3, 0.4) is 0 Å². The van der Waals surface area contributed by atoms with Crippen LogP contribution >= 0.6 is 0 Å². The van der Waals surface area contributed by atoms with Crippen molar-refractivity contribution in [3.05, 3.63) is 11.4 Å². The van der Waals surface area contributed by atoms with Gasteiger partial charge in [-0.05, 0) is 32.6 Å². The van der Waals surface area contributed by atoms with Crippen LogP contribution in [0.1, 0.15) is 44.0 Å². The molecule has 1 aromatic rings. The number of hydrogen-bond donors (Lipinski definition) is 2. The molecule has 1 aliphatic carbocycles. The lowest BCUT2D eigenvalue weighted by Gasteiger charge is -2.39. The molecule has 0 aliphatic heterocycles. The van der Waals surface area contributed by atoms with Gasteiger partial charge in [-0.3, -0.25) is 0 Å². The Kier molecular flexibility index (Phi) is 5.17. The van der Waals surface area contributed by atoms with Crippen molar-refractivity contribution >= 4 is 11.6 Å². The van der Waals surface area contributed by atoms with Crippen molar-refractivity contribution in [2.45, 2.75) is 52.0 Å². The van der Waals surface area contributed by atoms with Crippen LogP contribution in [-0.4, -0.2) is 41.3 Å².